The van der Waals surface area contributed by atoms with E-state index in [4.69, 9.17) is 5.11 Å². The summed E-state index contributed by atoms with van der Waals surface area (Å²) in [5, 5.41) is 10.4. The van der Waals surface area contributed by atoms with E-state index in [9.17, 15) is 0 Å². The third-order valence-electron chi connectivity index (χ3n) is 2.74. The van der Waals surface area contributed by atoms with E-state index in [0.717, 1.165) is 26.6 Å². The van der Waals surface area contributed by atoms with Crippen molar-refractivity contribution in [1.29, 1.82) is 0 Å². The summed E-state index contributed by atoms with van der Waals surface area (Å²) < 4.78 is 0. The fourth-order valence-corrected chi connectivity index (χ4v) is 2.01. The van der Waals surface area contributed by atoms with Crippen LogP contribution in [-0.2, 0) is 13.0 Å². The number of aliphatic hydroxyl groups is 1. The highest BCUT2D eigenvalue weighted by molar-refractivity contribution is 5.59. The molecule has 0 bridgehead atoms. The van der Waals surface area contributed by atoms with Crippen molar-refractivity contribution in [2.75, 3.05) is 13.7 Å². The molecule has 0 fully saturated rings. The summed E-state index contributed by atoms with van der Waals surface area (Å²) in [7, 11) is 1.00. The van der Waals surface area contributed by atoms with Gasteiger partial charge in [0.15, 0.2) is 0 Å². The maximum atomic E-state index is 7.00. The number of fused-ring (bicyclic) bond motifs is 1. The Labute approximate surface area is 105 Å². The molecule has 0 atom stereocenters. The van der Waals surface area contributed by atoms with E-state index in [0.29, 0.717) is 0 Å². The molecule has 0 radical (unpaired) electrons. The maximum Gasteiger partial charge on any atom is 0.0319 e. The Bertz CT molecular complexity index is 345. The molecule has 2 N–H and O–H groups in total. The van der Waals surface area contributed by atoms with E-state index >= 15 is 0 Å². The Morgan fingerprint density at radius 3 is 2.53 bits per heavy atom. The zero-order valence-electron chi connectivity index (χ0n) is 11.5. The van der Waals surface area contributed by atoms with Gasteiger partial charge in [-0.1, -0.05) is 38.6 Å². The van der Waals surface area contributed by atoms with Gasteiger partial charge in [-0.3, -0.25) is 0 Å². The minimum absolute atomic E-state index is 1.00. The quantitative estimate of drug-likeness (QED) is 0.784. The number of hydrogen-bond acceptors (Lipinski definition) is 2. The second kappa shape index (κ2) is 8.97. The Hall–Kier alpha value is -1.12. The van der Waals surface area contributed by atoms with Crippen LogP contribution in [0.3, 0.4) is 0 Å². The number of benzene rings is 1. The van der Waals surface area contributed by atoms with E-state index < -0.39 is 0 Å². The van der Waals surface area contributed by atoms with Gasteiger partial charge in [-0.25, -0.2) is 0 Å². The second-order valence-corrected chi connectivity index (χ2v) is 3.56. The van der Waals surface area contributed by atoms with Gasteiger partial charge in [-0.15, -0.1) is 0 Å². The third kappa shape index (κ3) is 3.99. The first-order valence-corrected chi connectivity index (χ1v) is 6.22. The number of rotatable bonds is 1. The van der Waals surface area contributed by atoms with E-state index in [1.807, 2.05) is 19.9 Å². The number of aryl methyl sites for hydroxylation is 1. The monoisotopic (exact) mass is 235 g/mol. The maximum absolute atomic E-state index is 7.00. The number of hydrogen-bond donors (Lipinski definition) is 2. The normalized spacial score (nSPS) is 12.3. The minimum Gasteiger partial charge on any atom is -0.400 e. The van der Waals surface area contributed by atoms with Crippen molar-refractivity contribution in [3.05, 3.63) is 41.0 Å². The highest BCUT2D eigenvalue weighted by atomic mass is 16.2. The summed E-state index contributed by atoms with van der Waals surface area (Å²) in [5.41, 5.74) is 5.62. The predicted octanol–water partition coefficient (Wildman–Crippen LogP) is 2.92. The van der Waals surface area contributed by atoms with Crippen LogP contribution in [0.2, 0.25) is 0 Å². The molecule has 0 amide bonds. The van der Waals surface area contributed by atoms with Crippen molar-refractivity contribution in [3.8, 4) is 0 Å². The molecule has 1 aliphatic heterocycles. The van der Waals surface area contributed by atoms with Gasteiger partial charge in [0, 0.05) is 13.7 Å². The van der Waals surface area contributed by atoms with Crippen LogP contribution in [0.15, 0.2) is 18.7 Å². The molecule has 0 unspecified atom stereocenters. The summed E-state index contributed by atoms with van der Waals surface area (Å²) >= 11 is 0. The van der Waals surface area contributed by atoms with Gasteiger partial charge in [0.05, 0.1) is 0 Å². The lowest BCUT2D eigenvalue weighted by Gasteiger charge is -2.20. The Kier molecular flexibility index (Phi) is 8.38. The second-order valence-electron chi connectivity index (χ2n) is 3.56. The van der Waals surface area contributed by atoms with E-state index in [1.54, 1.807) is 0 Å². The zero-order chi connectivity index (χ0) is 13.3. The first-order chi connectivity index (χ1) is 8.33. The topological polar surface area (TPSA) is 32.3 Å². The molecule has 1 aliphatic rings. The molecule has 0 aromatic heterocycles. The van der Waals surface area contributed by atoms with Crippen molar-refractivity contribution < 1.29 is 5.11 Å². The molecule has 0 saturated heterocycles. The summed E-state index contributed by atoms with van der Waals surface area (Å²) in [6.45, 7) is 12.1. The van der Waals surface area contributed by atoms with Crippen molar-refractivity contribution in [3.63, 3.8) is 0 Å². The largest absolute Gasteiger partial charge is 0.400 e. The zero-order valence-corrected chi connectivity index (χ0v) is 11.5. The molecule has 2 nitrogen and oxygen atoms in total. The molecule has 2 rings (SSSR count). The Balaban J connectivity index is 0.000000581. The van der Waals surface area contributed by atoms with Crippen molar-refractivity contribution >= 4 is 6.08 Å². The summed E-state index contributed by atoms with van der Waals surface area (Å²) in [5.74, 6) is 0. The average molecular weight is 235 g/mol. The van der Waals surface area contributed by atoms with E-state index in [-0.39, 0.29) is 0 Å². The van der Waals surface area contributed by atoms with Gasteiger partial charge in [0.2, 0.25) is 0 Å². The fourth-order valence-electron chi connectivity index (χ4n) is 2.01. The predicted molar refractivity (Wildman–Crippen MR) is 76.2 cm³/mol. The smallest absolute Gasteiger partial charge is 0.0319 e. The van der Waals surface area contributed by atoms with Gasteiger partial charge < -0.3 is 10.4 Å². The molecular formula is C15H25NO. The molecular weight excluding hydrogens is 210 g/mol. The molecule has 96 valence electrons. The minimum atomic E-state index is 1.00. The molecule has 1 aromatic rings. The van der Waals surface area contributed by atoms with Crippen LogP contribution >= 0.6 is 0 Å². The van der Waals surface area contributed by atoms with Crippen LogP contribution < -0.4 is 5.32 Å². The van der Waals surface area contributed by atoms with E-state index in [2.05, 4.69) is 31.0 Å². The summed E-state index contributed by atoms with van der Waals surface area (Å²) in [6.07, 6.45) is 3.12. The number of aliphatic hydroxyl groups excluding tert-OH is 1. The fraction of sp³-hybridized carbons (Fsp3) is 0.467. The van der Waals surface area contributed by atoms with Gasteiger partial charge in [-0.05, 0) is 42.1 Å². The van der Waals surface area contributed by atoms with Crippen LogP contribution in [0.25, 0.3) is 6.08 Å². The van der Waals surface area contributed by atoms with Crippen molar-refractivity contribution in [2.24, 2.45) is 0 Å². The van der Waals surface area contributed by atoms with Gasteiger partial charge in [0.1, 0.15) is 0 Å². The van der Waals surface area contributed by atoms with Crippen molar-refractivity contribution in [1.82, 2.24) is 5.32 Å². The molecule has 0 saturated carbocycles. The van der Waals surface area contributed by atoms with Crippen LogP contribution in [0.1, 0.15) is 36.1 Å². The molecule has 2 heteroatoms. The van der Waals surface area contributed by atoms with Crippen LogP contribution in [-0.4, -0.2) is 18.8 Å². The lowest BCUT2D eigenvalue weighted by molar-refractivity contribution is 0.399. The van der Waals surface area contributed by atoms with Crippen LogP contribution in [0.5, 0.6) is 0 Å². The van der Waals surface area contributed by atoms with Crippen LogP contribution in [0, 0.1) is 6.92 Å². The SMILES string of the molecule is C=Cc1c(C)ccc2c1CCNC2.CC.CO. The summed E-state index contributed by atoms with van der Waals surface area (Å²) in [6, 6.07) is 4.41. The van der Waals surface area contributed by atoms with Crippen molar-refractivity contribution in [2.45, 2.75) is 33.7 Å². The van der Waals surface area contributed by atoms with Gasteiger partial charge in [-0.2, -0.15) is 0 Å². The molecule has 1 aromatic carbocycles. The summed E-state index contributed by atoms with van der Waals surface area (Å²) in [4.78, 5) is 0. The average Bonchev–Trinajstić information content (AvgIpc) is 2.43. The highest BCUT2D eigenvalue weighted by Gasteiger charge is 2.12. The molecule has 1 heterocycles. The first-order valence-electron chi connectivity index (χ1n) is 6.22. The molecule has 17 heavy (non-hydrogen) atoms. The standard InChI is InChI=1S/C12H15N.C2H6.CH4O/c1-3-11-9(2)4-5-10-8-13-7-6-12(10)11;2*1-2/h3-5,13H,1,6-8H2,2H3;1-2H3;2H,1H3. The lowest BCUT2D eigenvalue weighted by Crippen LogP contribution is -2.24. The Morgan fingerprint density at radius 2 is 1.94 bits per heavy atom. The third-order valence-corrected chi connectivity index (χ3v) is 2.74. The lowest BCUT2D eigenvalue weighted by atomic mass is 9.92. The van der Waals surface area contributed by atoms with E-state index in [1.165, 1.54) is 22.3 Å². The van der Waals surface area contributed by atoms with Gasteiger partial charge in [0.25, 0.3) is 0 Å². The molecule has 0 spiro atoms. The Morgan fingerprint density at radius 1 is 1.29 bits per heavy atom. The number of nitrogens with one attached hydrogen (secondary N) is 1. The highest BCUT2D eigenvalue weighted by Crippen LogP contribution is 2.22. The van der Waals surface area contributed by atoms with Gasteiger partial charge >= 0.3 is 0 Å². The molecule has 0 aliphatic carbocycles. The first kappa shape index (κ1) is 15.9. The van der Waals surface area contributed by atoms with Crippen LogP contribution in [0.4, 0.5) is 0 Å².